The van der Waals surface area contributed by atoms with E-state index in [0.717, 1.165) is 39.9 Å². The second-order valence-electron chi connectivity index (χ2n) is 6.12. The Morgan fingerprint density at radius 1 is 1.04 bits per heavy atom. The van der Waals surface area contributed by atoms with Crippen LogP contribution in [0.5, 0.6) is 0 Å². The number of benzene rings is 2. The zero-order valence-electron chi connectivity index (χ0n) is 14.3. The van der Waals surface area contributed by atoms with Crippen molar-refractivity contribution in [2.75, 3.05) is 5.32 Å². The van der Waals surface area contributed by atoms with Crippen LogP contribution in [0.15, 0.2) is 48.5 Å². The minimum Gasteiger partial charge on any atom is -0.326 e. The van der Waals surface area contributed by atoms with Gasteiger partial charge in [0.05, 0.1) is 17.5 Å². The molecule has 134 valence electrons. The molecular weight excluding hydrogens is 341 g/mol. The molecule has 0 fully saturated rings. The monoisotopic (exact) mass is 358 g/mol. The van der Waals surface area contributed by atoms with Crippen molar-refractivity contribution in [2.24, 2.45) is 0 Å². The molecule has 1 aromatic heterocycles. The van der Waals surface area contributed by atoms with Crippen molar-refractivity contribution < 1.29 is 18.0 Å². The maximum absolute atomic E-state index is 12.6. The van der Waals surface area contributed by atoms with E-state index in [1.165, 1.54) is 12.1 Å². The lowest BCUT2D eigenvalue weighted by Gasteiger charge is -2.13. The third kappa shape index (κ3) is 3.69. The first-order chi connectivity index (χ1) is 12.3. The summed E-state index contributed by atoms with van der Waals surface area (Å²) in [5.74, 6) is -0.298. The Morgan fingerprint density at radius 2 is 1.69 bits per heavy atom. The number of alkyl halides is 3. The number of pyridine rings is 1. The molecule has 3 aromatic rings. The smallest absolute Gasteiger partial charge is 0.326 e. The Bertz CT molecular complexity index is 963. The fraction of sp³-hybridized carbons (Fsp3) is 0.200. The van der Waals surface area contributed by atoms with E-state index in [2.05, 4.69) is 10.3 Å². The maximum Gasteiger partial charge on any atom is 0.416 e. The molecule has 0 bridgehead atoms. The van der Waals surface area contributed by atoms with Crippen LogP contribution in [0.3, 0.4) is 0 Å². The van der Waals surface area contributed by atoms with Crippen LogP contribution < -0.4 is 5.32 Å². The summed E-state index contributed by atoms with van der Waals surface area (Å²) in [6, 6.07) is 12.1. The quantitative estimate of drug-likeness (QED) is 0.712. The number of rotatable bonds is 3. The molecule has 3 nitrogen and oxygen atoms in total. The Labute approximate surface area is 148 Å². The van der Waals surface area contributed by atoms with E-state index >= 15 is 0 Å². The summed E-state index contributed by atoms with van der Waals surface area (Å²) >= 11 is 0. The van der Waals surface area contributed by atoms with Gasteiger partial charge in [-0.1, -0.05) is 18.2 Å². The first-order valence-electron chi connectivity index (χ1n) is 8.07. The van der Waals surface area contributed by atoms with Crippen LogP contribution in [-0.4, -0.2) is 10.9 Å². The zero-order valence-corrected chi connectivity index (χ0v) is 14.3. The van der Waals surface area contributed by atoms with Gasteiger partial charge in [0.15, 0.2) is 0 Å². The van der Waals surface area contributed by atoms with E-state index in [1.54, 1.807) is 0 Å². The Morgan fingerprint density at radius 3 is 2.35 bits per heavy atom. The normalized spacial score (nSPS) is 11.6. The SMILES string of the molecule is Cc1nc2ccccc2c(C)c1CC(=O)Nc1ccc(C(F)(F)F)cc1. The molecule has 1 amide bonds. The van der Waals surface area contributed by atoms with Gasteiger partial charge in [0, 0.05) is 16.8 Å². The number of carbonyl (C=O) groups excluding carboxylic acids is 1. The number of carbonyl (C=O) groups is 1. The van der Waals surface area contributed by atoms with Gasteiger partial charge in [-0.2, -0.15) is 13.2 Å². The number of hydrogen-bond acceptors (Lipinski definition) is 2. The molecule has 0 aliphatic heterocycles. The van der Waals surface area contributed by atoms with E-state index in [-0.39, 0.29) is 12.3 Å². The van der Waals surface area contributed by atoms with Crippen LogP contribution in [0.1, 0.15) is 22.4 Å². The van der Waals surface area contributed by atoms with E-state index in [1.807, 2.05) is 38.1 Å². The highest BCUT2D eigenvalue weighted by atomic mass is 19.4. The standard InChI is InChI=1S/C20H17F3N2O/c1-12-16-5-3-4-6-18(16)24-13(2)17(12)11-19(26)25-15-9-7-14(8-10-15)20(21,22)23/h3-10H,11H2,1-2H3,(H,25,26). The third-order valence-corrected chi connectivity index (χ3v) is 4.32. The Kier molecular flexibility index (Phi) is 4.68. The number of anilines is 1. The van der Waals surface area contributed by atoms with E-state index < -0.39 is 11.7 Å². The number of aromatic nitrogens is 1. The highest BCUT2D eigenvalue weighted by molar-refractivity contribution is 5.94. The Hall–Kier alpha value is -2.89. The molecule has 0 saturated heterocycles. The van der Waals surface area contributed by atoms with Gasteiger partial charge in [-0.15, -0.1) is 0 Å². The summed E-state index contributed by atoms with van der Waals surface area (Å²) in [4.78, 5) is 16.9. The largest absolute Gasteiger partial charge is 0.416 e. The maximum atomic E-state index is 12.6. The minimum atomic E-state index is -4.40. The van der Waals surface area contributed by atoms with Crippen LogP contribution >= 0.6 is 0 Å². The summed E-state index contributed by atoms with van der Waals surface area (Å²) in [6.45, 7) is 3.79. The molecule has 26 heavy (non-hydrogen) atoms. The fourth-order valence-electron chi connectivity index (χ4n) is 2.94. The van der Waals surface area contributed by atoms with Gasteiger partial charge in [-0.25, -0.2) is 0 Å². The molecule has 0 radical (unpaired) electrons. The molecule has 0 unspecified atom stereocenters. The highest BCUT2D eigenvalue weighted by Crippen LogP contribution is 2.30. The number of halogens is 3. The molecule has 2 aromatic carbocycles. The molecule has 0 atom stereocenters. The van der Waals surface area contributed by atoms with Crippen LogP contribution in [0.4, 0.5) is 18.9 Å². The predicted molar refractivity (Wildman–Crippen MR) is 95.0 cm³/mol. The second kappa shape index (κ2) is 6.78. The number of nitrogens with zero attached hydrogens (tertiary/aromatic N) is 1. The first kappa shape index (κ1) is 17.9. The zero-order chi connectivity index (χ0) is 18.9. The topological polar surface area (TPSA) is 42.0 Å². The van der Waals surface area contributed by atoms with Gasteiger partial charge in [0.25, 0.3) is 0 Å². The average Bonchev–Trinajstić information content (AvgIpc) is 2.58. The number of fused-ring (bicyclic) bond motifs is 1. The third-order valence-electron chi connectivity index (χ3n) is 4.32. The van der Waals surface area contributed by atoms with Crippen molar-refractivity contribution in [1.29, 1.82) is 0 Å². The predicted octanol–water partition coefficient (Wildman–Crippen LogP) is 5.05. The molecule has 1 N–H and O–H groups in total. The van der Waals surface area contributed by atoms with Gasteiger partial charge in [0.1, 0.15) is 0 Å². The molecule has 0 saturated carbocycles. The molecule has 1 heterocycles. The summed E-state index contributed by atoms with van der Waals surface area (Å²) in [5.41, 5.74) is 3.02. The summed E-state index contributed by atoms with van der Waals surface area (Å²) in [5, 5.41) is 3.62. The van der Waals surface area contributed by atoms with Crippen molar-refractivity contribution in [3.8, 4) is 0 Å². The molecule has 0 aliphatic rings. The lowest BCUT2D eigenvalue weighted by atomic mass is 9.99. The summed E-state index contributed by atoms with van der Waals surface area (Å²) in [7, 11) is 0. The van der Waals surface area contributed by atoms with Gasteiger partial charge in [-0.05, 0) is 55.3 Å². The fourth-order valence-corrected chi connectivity index (χ4v) is 2.94. The lowest BCUT2D eigenvalue weighted by Crippen LogP contribution is -2.16. The molecule has 0 aliphatic carbocycles. The van der Waals surface area contributed by atoms with Crippen molar-refractivity contribution >= 4 is 22.5 Å². The van der Waals surface area contributed by atoms with Crippen LogP contribution in [0, 0.1) is 13.8 Å². The second-order valence-corrected chi connectivity index (χ2v) is 6.12. The minimum absolute atomic E-state index is 0.108. The van der Waals surface area contributed by atoms with Gasteiger partial charge >= 0.3 is 6.18 Å². The number of hydrogen-bond donors (Lipinski definition) is 1. The van der Waals surface area contributed by atoms with Crippen molar-refractivity contribution in [3.05, 3.63) is 70.9 Å². The number of nitrogens with one attached hydrogen (secondary N) is 1. The number of aryl methyl sites for hydroxylation is 2. The van der Waals surface area contributed by atoms with Crippen molar-refractivity contribution in [3.63, 3.8) is 0 Å². The van der Waals surface area contributed by atoms with Gasteiger partial charge in [-0.3, -0.25) is 9.78 Å². The van der Waals surface area contributed by atoms with Gasteiger partial charge < -0.3 is 5.32 Å². The van der Waals surface area contributed by atoms with E-state index in [9.17, 15) is 18.0 Å². The Balaban J connectivity index is 1.79. The molecular formula is C20H17F3N2O. The lowest BCUT2D eigenvalue weighted by molar-refractivity contribution is -0.137. The van der Waals surface area contributed by atoms with Gasteiger partial charge in [0.2, 0.25) is 5.91 Å². The molecule has 0 spiro atoms. The van der Waals surface area contributed by atoms with E-state index in [4.69, 9.17) is 0 Å². The van der Waals surface area contributed by atoms with Crippen LogP contribution in [0.25, 0.3) is 10.9 Å². The van der Waals surface area contributed by atoms with Crippen LogP contribution in [-0.2, 0) is 17.4 Å². The van der Waals surface area contributed by atoms with Crippen molar-refractivity contribution in [2.45, 2.75) is 26.4 Å². The summed E-state index contributed by atoms with van der Waals surface area (Å²) in [6.07, 6.45) is -4.29. The summed E-state index contributed by atoms with van der Waals surface area (Å²) < 4.78 is 37.8. The highest BCUT2D eigenvalue weighted by Gasteiger charge is 2.30. The van der Waals surface area contributed by atoms with Crippen molar-refractivity contribution in [1.82, 2.24) is 4.98 Å². The number of para-hydroxylation sites is 1. The van der Waals surface area contributed by atoms with Crippen LogP contribution in [0.2, 0.25) is 0 Å². The molecule has 6 heteroatoms. The average molecular weight is 358 g/mol. The molecule has 3 rings (SSSR count). The first-order valence-corrected chi connectivity index (χ1v) is 8.07. The van der Waals surface area contributed by atoms with E-state index in [0.29, 0.717) is 5.69 Å². The number of amides is 1.